The Labute approximate surface area is 125 Å². The third-order valence-electron chi connectivity index (χ3n) is 3.32. The summed E-state index contributed by atoms with van der Waals surface area (Å²) in [7, 11) is 2.18. The molecule has 0 saturated carbocycles. The molecule has 0 spiro atoms. The van der Waals surface area contributed by atoms with E-state index in [1.165, 1.54) is 5.56 Å². The molecule has 1 aromatic carbocycles. The van der Waals surface area contributed by atoms with Gasteiger partial charge in [0.05, 0.1) is 0 Å². The summed E-state index contributed by atoms with van der Waals surface area (Å²) in [6.07, 6.45) is 0. The molecule has 0 aliphatic rings. The first-order valence-electron chi connectivity index (χ1n) is 6.36. The first kappa shape index (κ1) is 16.1. The van der Waals surface area contributed by atoms with Crippen LogP contribution in [-0.2, 0) is 6.54 Å². The van der Waals surface area contributed by atoms with Crippen LogP contribution < -0.4 is 0 Å². The van der Waals surface area contributed by atoms with Crippen LogP contribution in [0.3, 0.4) is 0 Å². The molecule has 0 fully saturated rings. The van der Waals surface area contributed by atoms with Gasteiger partial charge in [-0.3, -0.25) is 0 Å². The summed E-state index contributed by atoms with van der Waals surface area (Å²) in [6.45, 7) is 8.95. The Balaban J connectivity index is 2.58. The molecule has 1 atom stereocenters. The number of halogens is 1. The van der Waals surface area contributed by atoms with Gasteiger partial charge < -0.3 is 4.90 Å². The van der Waals surface area contributed by atoms with Crippen LogP contribution >= 0.6 is 28.6 Å². The lowest BCUT2D eigenvalue weighted by atomic mass is 9.81. The van der Waals surface area contributed by atoms with Crippen molar-refractivity contribution in [1.82, 2.24) is 4.90 Å². The molecule has 0 amide bonds. The molecule has 3 heteroatoms. The average molecular weight is 330 g/mol. The highest BCUT2D eigenvalue weighted by atomic mass is 79.9. The molecular weight excluding hydrogens is 306 g/mol. The Morgan fingerprint density at radius 2 is 2.00 bits per heavy atom. The minimum atomic E-state index is 0.313. The van der Waals surface area contributed by atoms with Gasteiger partial charge in [-0.2, -0.15) is 12.6 Å². The van der Waals surface area contributed by atoms with Crippen LogP contribution in [0.1, 0.15) is 26.3 Å². The predicted molar refractivity (Wildman–Crippen MR) is 87.3 cm³/mol. The van der Waals surface area contributed by atoms with Gasteiger partial charge in [0.1, 0.15) is 0 Å². The normalized spacial score (nSPS) is 13.9. The molecule has 0 radical (unpaired) electrons. The second-order valence-electron chi connectivity index (χ2n) is 6.07. The zero-order valence-corrected chi connectivity index (χ0v) is 14.3. The molecule has 1 aromatic rings. The predicted octanol–water partition coefficient (Wildman–Crippen LogP) is 4.47. The highest BCUT2D eigenvalue weighted by molar-refractivity contribution is 9.10. The monoisotopic (exact) mass is 329 g/mol. The maximum Gasteiger partial charge on any atom is 0.0231 e. The summed E-state index contributed by atoms with van der Waals surface area (Å²) in [5.41, 5.74) is 1.66. The molecule has 0 aliphatic heterocycles. The van der Waals surface area contributed by atoms with Gasteiger partial charge in [0, 0.05) is 17.6 Å². The van der Waals surface area contributed by atoms with E-state index in [9.17, 15) is 0 Å². The van der Waals surface area contributed by atoms with E-state index in [-0.39, 0.29) is 0 Å². The zero-order chi connectivity index (χ0) is 13.8. The van der Waals surface area contributed by atoms with Crippen molar-refractivity contribution in [3.05, 3.63) is 34.3 Å². The van der Waals surface area contributed by atoms with Crippen LogP contribution in [-0.4, -0.2) is 24.2 Å². The SMILES string of the molecule is CN(Cc1cccc(Br)c1)CC(CS)C(C)(C)C. The highest BCUT2D eigenvalue weighted by Gasteiger charge is 2.24. The van der Waals surface area contributed by atoms with Crippen molar-refractivity contribution in [3.63, 3.8) is 0 Å². The summed E-state index contributed by atoms with van der Waals surface area (Å²) in [6, 6.07) is 8.51. The second kappa shape index (κ2) is 6.97. The van der Waals surface area contributed by atoms with E-state index in [2.05, 4.69) is 85.5 Å². The van der Waals surface area contributed by atoms with Gasteiger partial charge in [-0.25, -0.2) is 0 Å². The lowest BCUT2D eigenvalue weighted by molar-refractivity contribution is 0.183. The van der Waals surface area contributed by atoms with Gasteiger partial charge in [0.25, 0.3) is 0 Å². The molecule has 102 valence electrons. The van der Waals surface area contributed by atoms with Crippen molar-refractivity contribution in [2.75, 3.05) is 19.3 Å². The van der Waals surface area contributed by atoms with Crippen LogP contribution in [0.15, 0.2) is 28.7 Å². The van der Waals surface area contributed by atoms with Crippen LogP contribution in [0, 0.1) is 11.3 Å². The Bertz CT molecular complexity index is 373. The summed E-state index contributed by atoms with van der Waals surface area (Å²) in [4.78, 5) is 2.38. The lowest BCUT2D eigenvalue weighted by Gasteiger charge is -2.33. The number of benzene rings is 1. The van der Waals surface area contributed by atoms with Crippen molar-refractivity contribution in [2.45, 2.75) is 27.3 Å². The summed E-state index contributed by atoms with van der Waals surface area (Å²) >= 11 is 8.01. The molecule has 0 bridgehead atoms. The summed E-state index contributed by atoms with van der Waals surface area (Å²) in [5, 5.41) is 0. The van der Waals surface area contributed by atoms with Gasteiger partial charge >= 0.3 is 0 Å². The molecule has 1 nitrogen and oxygen atoms in total. The zero-order valence-electron chi connectivity index (χ0n) is 11.8. The maximum absolute atomic E-state index is 4.49. The fourth-order valence-electron chi connectivity index (χ4n) is 1.99. The van der Waals surface area contributed by atoms with E-state index in [1.807, 2.05) is 0 Å². The van der Waals surface area contributed by atoms with Crippen molar-refractivity contribution in [3.8, 4) is 0 Å². The number of hydrogen-bond donors (Lipinski definition) is 1. The molecule has 0 heterocycles. The number of thiol groups is 1. The number of rotatable bonds is 5. The molecule has 0 aliphatic carbocycles. The van der Waals surface area contributed by atoms with Gasteiger partial charge in [-0.05, 0) is 41.8 Å². The van der Waals surface area contributed by atoms with Crippen molar-refractivity contribution in [1.29, 1.82) is 0 Å². The van der Waals surface area contributed by atoms with Gasteiger partial charge in [0.15, 0.2) is 0 Å². The molecule has 1 rings (SSSR count). The molecular formula is C15H24BrNS. The molecule has 18 heavy (non-hydrogen) atoms. The fourth-order valence-corrected chi connectivity index (χ4v) is 3.10. The third-order valence-corrected chi connectivity index (χ3v) is 4.25. The first-order chi connectivity index (χ1) is 8.32. The van der Waals surface area contributed by atoms with E-state index in [0.717, 1.165) is 23.3 Å². The first-order valence-corrected chi connectivity index (χ1v) is 7.79. The van der Waals surface area contributed by atoms with E-state index in [1.54, 1.807) is 0 Å². The standard InChI is InChI=1S/C15H24BrNS/c1-15(2,3)13(11-18)10-17(4)9-12-6-5-7-14(16)8-12/h5-8,13,18H,9-11H2,1-4H3. The van der Waals surface area contributed by atoms with Crippen LogP contribution in [0.25, 0.3) is 0 Å². The van der Waals surface area contributed by atoms with E-state index >= 15 is 0 Å². The minimum Gasteiger partial charge on any atom is -0.302 e. The Kier molecular flexibility index (Phi) is 6.22. The summed E-state index contributed by atoms with van der Waals surface area (Å²) < 4.78 is 1.15. The lowest BCUT2D eigenvalue weighted by Crippen LogP contribution is -2.34. The Morgan fingerprint density at radius 1 is 1.33 bits per heavy atom. The third kappa shape index (κ3) is 5.33. The van der Waals surface area contributed by atoms with Crippen molar-refractivity contribution >= 4 is 28.6 Å². The minimum absolute atomic E-state index is 0.313. The second-order valence-corrected chi connectivity index (χ2v) is 7.35. The van der Waals surface area contributed by atoms with E-state index in [4.69, 9.17) is 0 Å². The average Bonchev–Trinajstić information content (AvgIpc) is 2.24. The van der Waals surface area contributed by atoms with E-state index in [0.29, 0.717) is 11.3 Å². The Morgan fingerprint density at radius 3 is 2.50 bits per heavy atom. The van der Waals surface area contributed by atoms with Gasteiger partial charge in [-0.15, -0.1) is 0 Å². The van der Waals surface area contributed by atoms with Crippen LogP contribution in [0.5, 0.6) is 0 Å². The highest BCUT2D eigenvalue weighted by Crippen LogP contribution is 2.27. The topological polar surface area (TPSA) is 3.24 Å². The number of hydrogen-bond acceptors (Lipinski definition) is 2. The Hall–Kier alpha value is 0.01000. The summed E-state index contributed by atoms with van der Waals surface area (Å²) in [5.74, 6) is 1.55. The van der Waals surface area contributed by atoms with Crippen molar-refractivity contribution < 1.29 is 0 Å². The maximum atomic E-state index is 4.49. The largest absolute Gasteiger partial charge is 0.302 e. The fraction of sp³-hybridized carbons (Fsp3) is 0.600. The smallest absolute Gasteiger partial charge is 0.0231 e. The van der Waals surface area contributed by atoms with Crippen LogP contribution in [0.4, 0.5) is 0 Å². The molecule has 0 N–H and O–H groups in total. The van der Waals surface area contributed by atoms with E-state index < -0.39 is 0 Å². The van der Waals surface area contributed by atoms with Crippen molar-refractivity contribution in [2.24, 2.45) is 11.3 Å². The van der Waals surface area contributed by atoms with Crippen LogP contribution in [0.2, 0.25) is 0 Å². The molecule has 0 saturated heterocycles. The number of nitrogens with zero attached hydrogens (tertiary/aromatic N) is 1. The quantitative estimate of drug-likeness (QED) is 0.780. The molecule has 1 unspecified atom stereocenters. The van der Waals surface area contributed by atoms with Gasteiger partial charge in [0.2, 0.25) is 0 Å². The van der Waals surface area contributed by atoms with Gasteiger partial charge in [-0.1, -0.05) is 48.8 Å². The molecule has 0 aromatic heterocycles.